The van der Waals surface area contributed by atoms with Crippen LogP contribution in [0.15, 0.2) is 48.5 Å². The highest BCUT2D eigenvalue weighted by atomic mass is 16.5. The molecule has 6 heteroatoms. The van der Waals surface area contributed by atoms with Crippen LogP contribution in [0.5, 0.6) is 0 Å². The van der Waals surface area contributed by atoms with Crippen LogP contribution in [0.2, 0.25) is 0 Å². The van der Waals surface area contributed by atoms with E-state index in [0.717, 1.165) is 11.1 Å². The molecule has 3 rings (SSSR count). The number of ether oxygens (including phenoxy) is 1. The first kappa shape index (κ1) is 18.6. The van der Waals surface area contributed by atoms with Crippen molar-refractivity contribution in [2.45, 2.75) is 26.4 Å². The van der Waals surface area contributed by atoms with Crippen LogP contribution < -0.4 is 11.1 Å². The molecule has 0 bridgehead atoms. The van der Waals surface area contributed by atoms with Crippen molar-refractivity contribution in [3.05, 3.63) is 70.8 Å². The Bertz CT molecular complexity index is 890. The zero-order chi connectivity index (χ0) is 19.6. The largest absolute Gasteiger partial charge is 0.454 e. The number of rotatable bonds is 5. The van der Waals surface area contributed by atoms with Gasteiger partial charge in [-0.25, -0.2) is 4.79 Å². The van der Waals surface area contributed by atoms with Crippen LogP contribution in [0, 0.1) is 5.41 Å². The molecular weight excluding hydrogens is 344 g/mol. The molecule has 0 saturated carbocycles. The van der Waals surface area contributed by atoms with Crippen molar-refractivity contribution < 1.29 is 19.1 Å². The second-order valence-corrected chi connectivity index (χ2v) is 7.31. The third-order valence-electron chi connectivity index (χ3n) is 4.77. The molecule has 2 aromatic carbocycles. The monoisotopic (exact) mass is 366 g/mol. The molecule has 1 atom stereocenters. The summed E-state index contributed by atoms with van der Waals surface area (Å²) in [6.45, 7) is 3.47. The Kier molecular flexibility index (Phi) is 4.99. The molecule has 1 aliphatic heterocycles. The summed E-state index contributed by atoms with van der Waals surface area (Å²) in [5, 5.41) is 2.73. The molecule has 0 aliphatic carbocycles. The lowest BCUT2D eigenvalue weighted by molar-refractivity contribution is -0.125. The molecule has 0 spiro atoms. The Balaban J connectivity index is 1.79. The first-order valence-electron chi connectivity index (χ1n) is 8.75. The Labute approximate surface area is 157 Å². The molecular formula is C21H22N2O4. The Morgan fingerprint density at radius 3 is 2.56 bits per heavy atom. The molecule has 6 nitrogen and oxygen atoms in total. The average molecular weight is 366 g/mol. The van der Waals surface area contributed by atoms with Crippen molar-refractivity contribution in [2.24, 2.45) is 11.1 Å². The molecule has 2 aromatic rings. The van der Waals surface area contributed by atoms with Gasteiger partial charge in [0.1, 0.15) is 6.10 Å². The number of carbonyl (C=O) groups is 3. The number of nitrogens with one attached hydrogen (secondary N) is 1. The van der Waals surface area contributed by atoms with Gasteiger partial charge >= 0.3 is 5.97 Å². The van der Waals surface area contributed by atoms with E-state index < -0.39 is 17.3 Å². The number of primary amides is 1. The summed E-state index contributed by atoms with van der Waals surface area (Å²) in [7, 11) is 0. The zero-order valence-corrected chi connectivity index (χ0v) is 15.3. The van der Waals surface area contributed by atoms with Gasteiger partial charge in [0.25, 0.3) is 5.91 Å². The number of hydrogen-bond acceptors (Lipinski definition) is 4. The number of esters is 1. The molecule has 1 heterocycles. The number of fused-ring (bicyclic) bond motifs is 1. The normalized spacial score (nSPS) is 16.2. The quantitative estimate of drug-likeness (QED) is 0.794. The van der Waals surface area contributed by atoms with Gasteiger partial charge in [0.05, 0.1) is 11.0 Å². The lowest BCUT2D eigenvalue weighted by Gasteiger charge is -2.25. The number of carbonyl (C=O) groups excluding carboxylic acids is 3. The number of cyclic esters (lactones) is 1. The van der Waals surface area contributed by atoms with E-state index in [2.05, 4.69) is 5.32 Å². The minimum Gasteiger partial charge on any atom is -0.454 e. The van der Waals surface area contributed by atoms with Gasteiger partial charge in [-0.15, -0.1) is 0 Å². The van der Waals surface area contributed by atoms with Crippen molar-refractivity contribution in [2.75, 3.05) is 6.54 Å². The van der Waals surface area contributed by atoms with Gasteiger partial charge in [0, 0.05) is 18.5 Å². The molecule has 0 radical (unpaired) electrons. The number of nitrogens with two attached hydrogens (primary N) is 1. The third-order valence-corrected chi connectivity index (χ3v) is 4.77. The lowest BCUT2D eigenvalue weighted by Crippen LogP contribution is -2.42. The molecule has 2 amide bonds. The maximum absolute atomic E-state index is 12.5. The van der Waals surface area contributed by atoms with E-state index in [9.17, 15) is 14.4 Å². The summed E-state index contributed by atoms with van der Waals surface area (Å²) < 4.78 is 5.53. The molecule has 1 aliphatic rings. The maximum atomic E-state index is 12.5. The van der Waals surface area contributed by atoms with Crippen molar-refractivity contribution >= 4 is 17.8 Å². The van der Waals surface area contributed by atoms with Gasteiger partial charge in [-0.05, 0) is 43.2 Å². The Hall–Kier alpha value is -3.15. The van der Waals surface area contributed by atoms with Gasteiger partial charge in [0.15, 0.2) is 0 Å². The fraction of sp³-hybridized carbons (Fsp3) is 0.286. The Morgan fingerprint density at radius 2 is 1.89 bits per heavy atom. The minimum atomic E-state index is -0.841. The van der Waals surface area contributed by atoms with Crippen molar-refractivity contribution in [3.8, 4) is 0 Å². The van der Waals surface area contributed by atoms with Crippen molar-refractivity contribution in [1.29, 1.82) is 0 Å². The predicted octanol–water partition coefficient (Wildman–Crippen LogP) is 2.38. The van der Waals surface area contributed by atoms with Gasteiger partial charge < -0.3 is 15.8 Å². The van der Waals surface area contributed by atoms with E-state index >= 15 is 0 Å². The summed E-state index contributed by atoms with van der Waals surface area (Å²) in [6, 6.07) is 14.4. The number of amides is 2. The van der Waals surface area contributed by atoms with Crippen LogP contribution in [0.3, 0.4) is 0 Å². The SMILES string of the molecule is CC(C)(CNC(=O)c1ccc2c(c1)CC(c1ccccc1)OC2=O)C(N)=O. The zero-order valence-electron chi connectivity index (χ0n) is 15.3. The first-order valence-corrected chi connectivity index (χ1v) is 8.75. The molecule has 0 aromatic heterocycles. The molecule has 140 valence electrons. The summed E-state index contributed by atoms with van der Waals surface area (Å²) in [5.74, 6) is -1.20. The summed E-state index contributed by atoms with van der Waals surface area (Å²) in [6.07, 6.45) is 0.122. The molecule has 27 heavy (non-hydrogen) atoms. The van der Waals surface area contributed by atoms with Gasteiger partial charge in [-0.3, -0.25) is 9.59 Å². The van der Waals surface area contributed by atoms with E-state index in [1.165, 1.54) is 0 Å². The smallest absolute Gasteiger partial charge is 0.339 e. The first-order chi connectivity index (χ1) is 12.8. The second kappa shape index (κ2) is 7.23. The third kappa shape index (κ3) is 4.00. The molecule has 0 fully saturated rings. The highest BCUT2D eigenvalue weighted by molar-refractivity contribution is 5.98. The highest BCUT2D eigenvalue weighted by Crippen LogP contribution is 2.31. The van der Waals surface area contributed by atoms with Gasteiger partial charge in [0.2, 0.25) is 5.91 Å². The van der Waals surface area contributed by atoms with Crippen molar-refractivity contribution in [3.63, 3.8) is 0 Å². The summed E-state index contributed by atoms with van der Waals surface area (Å²) in [4.78, 5) is 36.1. The fourth-order valence-corrected chi connectivity index (χ4v) is 2.88. The van der Waals surface area contributed by atoms with E-state index in [1.54, 1.807) is 32.0 Å². The van der Waals surface area contributed by atoms with Crippen LogP contribution in [-0.4, -0.2) is 24.3 Å². The summed E-state index contributed by atoms with van der Waals surface area (Å²) >= 11 is 0. The van der Waals surface area contributed by atoms with E-state index in [-0.39, 0.29) is 18.6 Å². The fourth-order valence-electron chi connectivity index (χ4n) is 2.88. The second-order valence-electron chi connectivity index (χ2n) is 7.31. The average Bonchev–Trinajstić information content (AvgIpc) is 2.66. The number of benzene rings is 2. The lowest BCUT2D eigenvalue weighted by atomic mass is 9.92. The highest BCUT2D eigenvalue weighted by Gasteiger charge is 2.29. The van der Waals surface area contributed by atoms with E-state index in [1.807, 2.05) is 30.3 Å². The molecule has 3 N–H and O–H groups in total. The van der Waals surface area contributed by atoms with Crippen LogP contribution >= 0.6 is 0 Å². The number of hydrogen-bond donors (Lipinski definition) is 2. The predicted molar refractivity (Wildman–Crippen MR) is 100 cm³/mol. The summed E-state index contributed by atoms with van der Waals surface area (Å²) in [5.41, 5.74) is 7.06. The van der Waals surface area contributed by atoms with Gasteiger partial charge in [-0.1, -0.05) is 30.3 Å². The maximum Gasteiger partial charge on any atom is 0.339 e. The van der Waals surface area contributed by atoms with E-state index in [0.29, 0.717) is 17.5 Å². The van der Waals surface area contributed by atoms with Crippen LogP contribution in [0.1, 0.15) is 51.8 Å². The standard InChI is InChI=1S/C21H22N2O4/c1-21(2,20(22)26)12-23-18(24)14-8-9-16-15(10-14)11-17(27-19(16)25)13-6-4-3-5-7-13/h3-10,17H,11-12H2,1-2H3,(H2,22,26)(H,23,24). The van der Waals surface area contributed by atoms with Crippen molar-refractivity contribution in [1.82, 2.24) is 5.32 Å². The molecule has 0 saturated heterocycles. The topological polar surface area (TPSA) is 98.5 Å². The molecule has 1 unspecified atom stereocenters. The Morgan fingerprint density at radius 1 is 1.19 bits per heavy atom. The van der Waals surface area contributed by atoms with Crippen LogP contribution in [0.25, 0.3) is 0 Å². The minimum absolute atomic E-state index is 0.132. The van der Waals surface area contributed by atoms with Crippen LogP contribution in [-0.2, 0) is 16.0 Å². The van der Waals surface area contributed by atoms with E-state index in [4.69, 9.17) is 10.5 Å². The van der Waals surface area contributed by atoms with Gasteiger partial charge in [-0.2, -0.15) is 0 Å². The van der Waals surface area contributed by atoms with Crippen LogP contribution in [0.4, 0.5) is 0 Å².